The molecule has 21 heavy (non-hydrogen) atoms. The van der Waals surface area contributed by atoms with Gasteiger partial charge in [0.25, 0.3) is 0 Å². The van der Waals surface area contributed by atoms with Gasteiger partial charge in [0, 0.05) is 10.6 Å². The van der Waals surface area contributed by atoms with Gasteiger partial charge in [-0.15, -0.1) is 23.1 Å². The van der Waals surface area contributed by atoms with Crippen LogP contribution in [0, 0.1) is 0 Å². The maximum atomic E-state index is 11.9. The summed E-state index contributed by atoms with van der Waals surface area (Å²) in [4.78, 5) is 26.7. The Balaban J connectivity index is 1.76. The highest BCUT2D eigenvalue weighted by Gasteiger charge is 2.18. The minimum absolute atomic E-state index is 0.0279. The maximum absolute atomic E-state index is 11.9. The number of aromatic carboxylic acids is 1. The second-order valence-corrected chi connectivity index (χ2v) is 7.10. The minimum Gasteiger partial charge on any atom is -0.476 e. The first kappa shape index (κ1) is 16.3. The molecule has 1 atom stereocenters. The van der Waals surface area contributed by atoms with E-state index in [1.807, 2.05) is 6.92 Å². The topological polar surface area (TPSA) is 91.3 Å². The summed E-state index contributed by atoms with van der Waals surface area (Å²) in [5, 5.41) is 17.7. The lowest BCUT2D eigenvalue weighted by molar-refractivity contribution is -0.119. The summed E-state index contributed by atoms with van der Waals surface area (Å²) in [6.45, 7) is 3.86. The molecule has 2 rings (SSSR count). The quantitative estimate of drug-likeness (QED) is 0.733. The Labute approximate surface area is 131 Å². The van der Waals surface area contributed by atoms with E-state index in [9.17, 15) is 9.59 Å². The van der Waals surface area contributed by atoms with Gasteiger partial charge in [0.05, 0.1) is 11.8 Å². The van der Waals surface area contributed by atoms with Crippen molar-refractivity contribution in [2.75, 3.05) is 18.8 Å². The van der Waals surface area contributed by atoms with Gasteiger partial charge in [-0.2, -0.15) is 0 Å². The van der Waals surface area contributed by atoms with Crippen molar-refractivity contribution >= 4 is 35.0 Å². The Bertz CT molecular complexity index is 501. The fourth-order valence-corrected chi connectivity index (χ4v) is 3.92. The van der Waals surface area contributed by atoms with Crippen LogP contribution in [-0.4, -0.2) is 46.1 Å². The molecule has 0 spiro atoms. The van der Waals surface area contributed by atoms with Crippen LogP contribution in [-0.2, 0) is 4.79 Å². The van der Waals surface area contributed by atoms with Crippen molar-refractivity contribution in [2.45, 2.75) is 31.1 Å². The molecule has 116 valence electrons. The van der Waals surface area contributed by atoms with Crippen LogP contribution >= 0.6 is 23.1 Å². The van der Waals surface area contributed by atoms with Crippen LogP contribution in [0.4, 0.5) is 0 Å². The van der Waals surface area contributed by atoms with Crippen LogP contribution in [0.1, 0.15) is 41.3 Å². The van der Waals surface area contributed by atoms with Crippen molar-refractivity contribution in [1.29, 1.82) is 0 Å². The number of carboxylic acid groups (broad SMARTS) is 1. The number of thiazole rings is 1. The van der Waals surface area contributed by atoms with Crippen LogP contribution in [0.25, 0.3) is 0 Å². The minimum atomic E-state index is -1.04. The third-order valence-electron chi connectivity index (χ3n) is 3.23. The average Bonchev–Trinajstić information content (AvgIpc) is 2.96. The number of nitrogens with one attached hydrogen (secondary N) is 2. The largest absolute Gasteiger partial charge is 0.476 e. The van der Waals surface area contributed by atoms with E-state index in [0.29, 0.717) is 16.0 Å². The average molecular weight is 329 g/mol. The molecule has 0 bridgehead atoms. The predicted molar refractivity (Wildman–Crippen MR) is 84.0 cm³/mol. The lowest BCUT2D eigenvalue weighted by atomic mass is 10.2. The molecule has 1 unspecified atom stereocenters. The molecule has 6 nitrogen and oxygen atoms in total. The number of amides is 1. The Morgan fingerprint density at radius 2 is 2.29 bits per heavy atom. The second kappa shape index (κ2) is 7.77. The van der Waals surface area contributed by atoms with Crippen molar-refractivity contribution in [3.05, 3.63) is 16.1 Å². The summed E-state index contributed by atoms with van der Waals surface area (Å²) in [5.74, 6) is -0.637. The summed E-state index contributed by atoms with van der Waals surface area (Å²) in [7, 11) is 0. The molecule has 1 saturated heterocycles. The zero-order valence-electron chi connectivity index (χ0n) is 11.8. The van der Waals surface area contributed by atoms with Gasteiger partial charge in [-0.25, -0.2) is 9.78 Å². The summed E-state index contributed by atoms with van der Waals surface area (Å²) in [5.41, 5.74) is 0.0279. The molecule has 1 aromatic heterocycles. The van der Waals surface area contributed by atoms with E-state index in [0.717, 1.165) is 25.9 Å². The molecule has 0 radical (unpaired) electrons. The molecule has 0 aromatic carbocycles. The van der Waals surface area contributed by atoms with Gasteiger partial charge < -0.3 is 15.7 Å². The maximum Gasteiger partial charge on any atom is 0.355 e. The highest BCUT2D eigenvalue weighted by molar-refractivity contribution is 8.00. The molecule has 1 aliphatic rings. The summed E-state index contributed by atoms with van der Waals surface area (Å²) in [6.07, 6.45) is 2.20. The van der Waals surface area contributed by atoms with Crippen LogP contribution < -0.4 is 10.6 Å². The summed E-state index contributed by atoms with van der Waals surface area (Å²) < 4.78 is 0. The first-order valence-electron chi connectivity index (χ1n) is 6.86. The predicted octanol–water partition coefficient (Wildman–Crippen LogP) is 1.50. The number of aromatic nitrogens is 1. The molecule has 1 fully saturated rings. The number of carbonyl (C=O) groups is 2. The molecule has 1 aromatic rings. The third-order valence-corrected chi connectivity index (χ3v) is 5.62. The first-order valence-corrected chi connectivity index (χ1v) is 8.79. The van der Waals surface area contributed by atoms with Crippen LogP contribution in [0.2, 0.25) is 0 Å². The van der Waals surface area contributed by atoms with Crippen molar-refractivity contribution in [2.24, 2.45) is 0 Å². The third kappa shape index (κ3) is 4.98. The lowest BCUT2D eigenvalue weighted by Gasteiger charge is -2.22. The Hall–Kier alpha value is -1.12. The smallest absolute Gasteiger partial charge is 0.355 e. The van der Waals surface area contributed by atoms with Gasteiger partial charge in [0.1, 0.15) is 5.01 Å². The van der Waals surface area contributed by atoms with Crippen LogP contribution in [0.15, 0.2) is 5.38 Å². The van der Waals surface area contributed by atoms with E-state index in [1.165, 1.54) is 16.7 Å². The number of nitrogens with zero attached hydrogens (tertiary/aromatic N) is 1. The van der Waals surface area contributed by atoms with Gasteiger partial charge in [0.2, 0.25) is 5.91 Å². The van der Waals surface area contributed by atoms with E-state index < -0.39 is 5.97 Å². The van der Waals surface area contributed by atoms with Crippen molar-refractivity contribution < 1.29 is 14.7 Å². The zero-order valence-corrected chi connectivity index (χ0v) is 13.4. The molecule has 1 aliphatic heterocycles. The van der Waals surface area contributed by atoms with E-state index in [4.69, 9.17) is 5.11 Å². The van der Waals surface area contributed by atoms with Crippen LogP contribution in [0.5, 0.6) is 0 Å². The standard InChI is InChI=1S/C13H19N3O3S2/c1-8(12-16-10(6-21-12)13(18)19)15-11(17)7-20-9-2-4-14-5-3-9/h6,8-9,14H,2-5,7H2,1H3,(H,15,17)(H,18,19). The van der Waals surface area contributed by atoms with Crippen molar-refractivity contribution in [3.8, 4) is 0 Å². The van der Waals surface area contributed by atoms with E-state index in [2.05, 4.69) is 15.6 Å². The van der Waals surface area contributed by atoms with E-state index in [-0.39, 0.29) is 17.6 Å². The van der Waals surface area contributed by atoms with Crippen molar-refractivity contribution in [1.82, 2.24) is 15.6 Å². The fourth-order valence-electron chi connectivity index (χ4n) is 2.09. The molecular formula is C13H19N3O3S2. The Morgan fingerprint density at radius 1 is 1.57 bits per heavy atom. The molecular weight excluding hydrogens is 310 g/mol. The molecule has 2 heterocycles. The lowest BCUT2D eigenvalue weighted by Crippen LogP contribution is -2.32. The second-order valence-electron chi connectivity index (χ2n) is 4.93. The molecule has 1 amide bonds. The Kier molecular flexibility index (Phi) is 6.01. The van der Waals surface area contributed by atoms with Gasteiger partial charge >= 0.3 is 5.97 Å². The molecule has 0 saturated carbocycles. The molecule has 0 aliphatic carbocycles. The number of carbonyl (C=O) groups excluding carboxylic acids is 1. The van der Waals surface area contributed by atoms with Gasteiger partial charge in [0.15, 0.2) is 5.69 Å². The van der Waals surface area contributed by atoms with E-state index in [1.54, 1.807) is 11.8 Å². The van der Waals surface area contributed by atoms with Crippen molar-refractivity contribution in [3.63, 3.8) is 0 Å². The molecule has 3 N–H and O–H groups in total. The number of rotatable bonds is 6. The Morgan fingerprint density at radius 3 is 2.90 bits per heavy atom. The fraction of sp³-hybridized carbons (Fsp3) is 0.615. The molecule has 8 heteroatoms. The first-order chi connectivity index (χ1) is 10.1. The number of piperidine rings is 1. The number of thioether (sulfide) groups is 1. The number of hydrogen-bond donors (Lipinski definition) is 3. The normalized spacial score (nSPS) is 17.4. The summed E-state index contributed by atoms with van der Waals surface area (Å²) >= 11 is 2.94. The highest BCUT2D eigenvalue weighted by atomic mass is 32.2. The number of carboxylic acids is 1. The summed E-state index contributed by atoms with van der Waals surface area (Å²) in [6, 6.07) is -0.260. The monoisotopic (exact) mass is 329 g/mol. The van der Waals surface area contributed by atoms with Gasteiger partial charge in [-0.1, -0.05) is 0 Å². The van der Waals surface area contributed by atoms with Gasteiger partial charge in [-0.3, -0.25) is 4.79 Å². The van der Waals surface area contributed by atoms with Crippen LogP contribution in [0.3, 0.4) is 0 Å². The van der Waals surface area contributed by atoms with E-state index >= 15 is 0 Å². The van der Waals surface area contributed by atoms with Gasteiger partial charge in [-0.05, 0) is 32.9 Å². The SMILES string of the molecule is CC(NC(=O)CSC1CCNCC1)c1nc(C(=O)O)cs1. The highest BCUT2D eigenvalue weighted by Crippen LogP contribution is 2.21. The number of hydrogen-bond acceptors (Lipinski definition) is 6. The zero-order chi connectivity index (χ0) is 15.2.